The second-order valence-electron chi connectivity index (χ2n) is 1.92. The number of carbonyl (C=O) groups excluding carboxylic acids is 1. The van der Waals surface area contributed by atoms with Gasteiger partial charge in [-0.2, -0.15) is 0 Å². The quantitative estimate of drug-likeness (QED) is 0.574. The molecule has 0 atom stereocenters. The van der Waals surface area contributed by atoms with E-state index in [9.17, 15) is 4.79 Å². The Morgan fingerprint density at radius 3 is 2.73 bits per heavy atom. The van der Waals surface area contributed by atoms with E-state index >= 15 is 0 Å². The number of amides is 1. The highest BCUT2D eigenvalue weighted by molar-refractivity contribution is 9.18. The Hall–Kier alpha value is 0.130. The molecule has 0 fully saturated rings. The Morgan fingerprint density at radius 2 is 2.36 bits per heavy atom. The van der Waals surface area contributed by atoms with E-state index in [1.807, 2.05) is 11.4 Å². The van der Waals surface area contributed by atoms with Crippen LogP contribution in [0.3, 0.4) is 0 Å². The van der Waals surface area contributed by atoms with Gasteiger partial charge in [0.1, 0.15) is 0 Å². The Bertz CT molecular complexity index is 273. The minimum atomic E-state index is -0.133. The average Bonchev–Trinajstić information content (AvgIpc) is 2.34. The number of rotatable bonds is 1. The highest BCUT2D eigenvalue weighted by atomic mass is 79.9. The van der Waals surface area contributed by atoms with Crippen LogP contribution in [0.1, 0.15) is 0 Å². The van der Waals surface area contributed by atoms with Gasteiger partial charge in [0.15, 0.2) is 0 Å². The van der Waals surface area contributed by atoms with Crippen molar-refractivity contribution in [3.63, 3.8) is 0 Å². The van der Waals surface area contributed by atoms with Crippen molar-refractivity contribution in [2.75, 3.05) is 11.9 Å². The maximum Gasteiger partial charge on any atom is 0.294 e. The lowest BCUT2D eigenvalue weighted by Gasteiger charge is -2.08. The molecule has 0 saturated carbocycles. The van der Waals surface area contributed by atoms with Gasteiger partial charge in [0, 0.05) is 32.8 Å². The smallest absolute Gasteiger partial charge is 0.294 e. The molecule has 0 bridgehead atoms. The molecule has 0 spiro atoms. The Balaban J connectivity index is 2.84. The number of anilines is 1. The summed E-state index contributed by atoms with van der Waals surface area (Å²) < 4.78 is 0.998. The fraction of sp³-hybridized carbons (Fsp3) is 0.167. The van der Waals surface area contributed by atoms with Gasteiger partial charge in [-0.05, 0) is 22.0 Å². The molecule has 1 heterocycles. The molecule has 0 aliphatic rings. The van der Waals surface area contributed by atoms with Crippen LogP contribution in [0.15, 0.2) is 15.9 Å². The lowest BCUT2D eigenvalue weighted by molar-refractivity contribution is 0.267. The Labute approximate surface area is 85.5 Å². The van der Waals surface area contributed by atoms with Crippen LogP contribution in [0, 0.1) is 0 Å². The van der Waals surface area contributed by atoms with Gasteiger partial charge in [0.05, 0.1) is 5.00 Å². The first-order valence-electron chi connectivity index (χ1n) is 2.78. The van der Waals surface area contributed by atoms with Gasteiger partial charge in [0.2, 0.25) is 0 Å². The predicted molar refractivity (Wildman–Crippen MR) is 54.7 cm³/mol. The van der Waals surface area contributed by atoms with Gasteiger partial charge < -0.3 is 0 Å². The van der Waals surface area contributed by atoms with Crippen LogP contribution in [0.4, 0.5) is 9.80 Å². The molecule has 0 aliphatic carbocycles. The van der Waals surface area contributed by atoms with E-state index in [1.54, 1.807) is 7.05 Å². The molecular formula is C6H5Br2NOS. The zero-order chi connectivity index (χ0) is 8.43. The van der Waals surface area contributed by atoms with Crippen LogP contribution < -0.4 is 4.90 Å². The number of hydrogen-bond acceptors (Lipinski definition) is 2. The van der Waals surface area contributed by atoms with Crippen molar-refractivity contribution in [1.82, 2.24) is 0 Å². The Morgan fingerprint density at radius 1 is 1.73 bits per heavy atom. The first-order chi connectivity index (χ1) is 5.11. The summed E-state index contributed by atoms with van der Waals surface area (Å²) in [5.74, 6) is 0. The van der Waals surface area contributed by atoms with E-state index in [1.165, 1.54) is 16.2 Å². The van der Waals surface area contributed by atoms with E-state index in [4.69, 9.17) is 0 Å². The minimum Gasteiger partial charge on any atom is -0.297 e. The van der Waals surface area contributed by atoms with Crippen LogP contribution in [-0.2, 0) is 0 Å². The van der Waals surface area contributed by atoms with Crippen LogP contribution in [0.25, 0.3) is 0 Å². The zero-order valence-corrected chi connectivity index (χ0v) is 9.66. The summed E-state index contributed by atoms with van der Waals surface area (Å²) in [5, 5.41) is 2.85. The molecule has 2 nitrogen and oxygen atoms in total. The second kappa shape index (κ2) is 3.69. The third-order valence-corrected chi connectivity index (χ3v) is 3.45. The van der Waals surface area contributed by atoms with Crippen molar-refractivity contribution in [2.45, 2.75) is 0 Å². The van der Waals surface area contributed by atoms with E-state index < -0.39 is 0 Å². The van der Waals surface area contributed by atoms with E-state index in [0.29, 0.717) is 0 Å². The molecule has 5 heteroatoms. The summed E-state index contributed by atoms with van der Waals surface area (Å²) in [6, 6.07) is 1.89. The minimum absolute atomic E-state index is 0.133. The van der Waals surface area contributed by atoms with Gasteiger partial charge in [0.25, 0.3) is 4.82 Å². The van der Waals surface area contributed by atoms with Crippen molar-refractivity contribution in [3.05, 3.63) is 15.9 Å². The maximum absolute atomic E-state index is 10.8. The monoisotopic (exact) mass is 297 g/mol. The molecule has 1 aromatic heterocycles. The van der Waals surface area contributed by atoms with E-state index in [2.05, 4.69) is 31.9 Å². The van der Waals surface area contributed by atoms with Crippen LogP contribution >= 0.6 is 43.2 Å². The molecule has 0 saturated heterocycles. The van der Waals surface area contributed by atoms with Gasteiger partial charge in [-0.3, -0.25) is 9.69 Å². The van der Waals surface area contributed by atoms with Gasteiger partial charge in [-0.15, -0.1) is 11.3 Å². The van der Waals surface area contributed by atoms with E-state index in [-0.39, 0.29) is 4.82 Å². The summed E-state index contributed by atoms with van der Waals surface area (Å²) in [4.78, 5) is 12.2. The molecule has 60 valence electrons. The maximum atomic E-state index is 10.8. The molecule has 0 N–H and O–H groups in total. The van der Waals surface area contributed by atoms with E-state index in [0.717, 1.165) is 9.47 Å². The van der Waals surface area contributed by atoms with Crippen molar-refractivity contribution in [3.8, 4) is 0 Å². The average molecular weight is 299 g/mol. The predicted octanol–water partition coefficient (Wildman–Crippen LogP) is 3.46. The fourth-order valence-corrected chi connectivity index (χ4v) is 2.26. The standard InChI is InChI=1S/C6H5Br2NOS/c1-9(6(8)10)5-2-4(7)3-11-5/h2-3H,1H3. The van der Waals surface area contributed by atoms with Crippen molar-refractivity contribution >= 4 is 53.0 Å². The molecule has 0 radical (unpaired) electrons. The van der Waals surface area contributed by atoms with Crippen LogP contribution in [0.2, 0.25) is 0 Å². The van der Waals surface area contributed by atoms with Crippen LogP contribution in [-0.4, -0.2) is 11.9 Å². The topological polar surface area (TPSA) is 20.3 Å². The third-order valence-electron chi connectivity index (χ3n) is 1.15. The lowest BCUT2D eigenvalue weighted by Crippen LogP contribution is -2.17. The highest BCUT2D eigenvalue weighted by Crippen LogP contribution is 2.28. The lowest BCUT2D eigenvalue weighted by atomic mass is 10.6. The number of nitrogens with zero attached hydrogens (tertiary/aromatic N) is 1. The first-order valence-corrected chi connectivity index (χ1v) is 5.25. The summed E-state index contributed by atoms with van der Waals surface area (Å²) in [6.45, 7) is 0. The molecule has 0 aliphatic heterocycles. The normalized spacial score (nSPS) is 9.73. The number of halogens is 2. The summed E-state index contributed by atoms with van der Waals surface area (Å²) in [6.07, 6.45) is 0. The van der Waals surface area contributed by atoms with Gasteiger partial charge >= 0.3 is 0 Å². The summed E-state index contributed by atoms with van der Waals surface area (Å²) in [7, 11) is 1.72. The van der Waals surface area contributed by atoms with Crippen LogP contribution in [0.5, 0.6) is 0 Å². The second-order valence-corrected chi connectivity index (χ2v) is 4.40. The largest absolute Gasteiger partial charge is 0.297 e. The third kappa shape index (κ3) is 2.28. The molecule has 1 aromatic rings. The fourth-order valence-electron chi connectivity index (χ4n) is 0.565. The number of carbonyl (C=O) groups is 1. The van der Waals surface area contributed by atoms with Gasteiger partial charge in [-0.1, -0.05) is 0 Å². The van der Waals surface area contributed by atoms with Crippen molar-refractivity contribution in [1.29, 1.82) is 0 Å². The zero-order valence-electron chi connectivity index (χ0n) is 5.67. The number of thiophene rings is 1. The van der Waals surface area contributed by atoms with Gasteiger partial charge in [-0.25, -0.2) is 0 Å². The van der Waals surface area contributed by atoms with Crippen molar-refractivity contribution < 1.29 is 4.79 Å². The SMILES string of the molecule is CN(C(=O)Br)c1cc(Br)cs1. The number of hydrogen-bond donors (Lipinski definition) is 0. The molecule has 0 aromatic carbocycles. The molecule has 11 heavy (non-hydrogen) atoms. The summed E-state index contributed by atoms with van der Waals surface area (Å²) >= 11 is 7.69. The first kappa shape index (κ1) is 9.22. The molecular weight excluding hydrogens is 294 g/mol. The Kier molecular flexibility index (Phi) is 3.09. The molecule has 0 unspecified atom stereocenters. The molecule has 1 rings (SSSR count). The van der Waals surface area contributed by atoms with Crippen molar-refractivity contribution in [2.24, 2.45) is 0 Å². The summed E-state index contributed by atoms with van der Waals surface area (Å²) in [5.41, 5.74) is 0. The highest BCUT2D eigenvalue weighted by Gasteiger charge is 2.08. The molecule has 1 amide bonds.